The van der Waals surface area contributed by atoms with Crippen molar-refractivity contribution in [1.82, 2.24) is 0 Å². The molecule has 0 aromatic heterocycles. The second-order valence-corrected chi connectivity index (χ2v) is 4.17. The Hall–Kier alpha value is -0.910. The normalized spacial score (nSPS) is 27.3. The number of hydrogen-bond acceptors (Lipinski definition) is 4. The highest BCUT2D eigenvalue weighted by Crippen LogP contribution is 2.29. The Morgan fingerprint density at radius 3 is 2.62 bits per heavy atom. The van der Waals surface area contributed by atoms with Crippen molar-refractivity contribution >= 4 is 5.97 Å². The summed E-state index contributed by atoms with van der Waals surface area (Å²) in [5.41, 5.74) is 0. The zero-order valence-corrected chi connectivity index (χ0v) is 9.80. The minimum absolute atomic E-state index is 0.339. The van der Waals surface area contributed by atoms with Crippen molar-refractivity contribution in [2.24, 2.45) is 5.92 Å². The van der Waals surface area contributed by atoms with E-state index < -0.39 is 23.8 Å². The molecule has 3 unspecified atom stereocenters. The van der Waals surface area contributed by atoms with Crippen LogP contribution in [0.4, 0.5) is 0 Å². The van der Waals surface area contributed by atoms with E-state index >= 15 is 0 Å². The van der Waals surface area contributed by atoms with Crippen LogP contribution in [0.25, 0.3) is 0 Å². The van der Waals surface area contributed by atoms with Gasteiger partial charge in [-0.2, -0.15) is 0 Å². The SMILES string of the molecule is C=CC(C1COC(C)(C)O1)C(OC)C(=O)O. The van der Waals surface area contributed by atoms with Crippen molar-refractivity contribution in [3.63, 3.8) is 0 Å². The summed E-state index contributed by atoms with van der Waals surface area (Å²) < 4.78 is 15.9. The van der Waals surface area contributed by atoms with Crippen LogP contribution in [-0.4, -0.2) is 42.8 Å². The predicted octanol–water partition coefficient (Wildman–Crippen LogP) is 1.04. The van der Waals surface area contributed by atoms with Gasteiger partial charge >= 0.3 is 5.97 Å². The largest absolute Gasteiger partial charge is 0.479 e. The smallest absolute Gasteiger partial charge is 0.333 e. The molecule has 1 fully saturated rings. The molecule has 0 aromatic rings. The molecule has 0 amide bonds. The van der Waals surface area contributed by atoms with Crippen LogP contribution in [0.2, 0.25) is 0 Å². The van der Waals surface area contributed by atoms with Crippen LogP contribution >= 0.6 is 0 Å². The first-order valence-corrected chi connectivity index (χ1v) is 5.11. The molecule has 1 aliphatic heterocycles. The van der Waals surface area contributed by atoms with E-state index in [0.717, 1.165) is 0 Å². The van der Waals surface area contributed by atoms with Gasteiger partial charge in [0.1, 0.15) is 0 Å². The summed E-state index contributed by atoms with van der Waals surface area (Å²) in [5.74, 6) is -2.13. The van der Waals surface area contributed by atoms with Crippen LogP contribution < -0.4 is 0 Å². The number of hydrogen-bond donors (Lipinski definition) is 1. The van der Waals surface area contributed by atoms with E-state index in [9.17, 15) is 4.79 Å². The molecule has 0 aromatic carbocycles. The summed E-state index contributed by atoms with van der Waals surface area (Å²) in [6, 6.07) is 0. The first-order chi connectivity index (χ1) is 7.41. The number of methoxy groups -OCH3 is 1. The monoisotopic (exact) mass is 230 g/mol. The fourth-order valence-electron chi connectivity index (χ4n) is 1.80. The third-order valence-electron chi connectivity index (χ3n) is 2.58. The van der Waals surface area contributed by atoms with E-state index in [1.54, 1.807) is 13.8 Å². The molecule has 1 rings (SSSR count). The number of carboxylic acid groups (broad SMARTS) is 1. The average molecular weight is 230 g/mol. The number of carboxylic acids is 1. The van der Waals surface area contributed by atoms with E-state index in [1.165, 1.54) is 13.2 Å². The molecule has 0 aliphatic carbocycles. The second kappa shape index (κ2) is 4.95. The highest BCUT2D eigenvalue weighted by Gasteiger charge is 2.41. The van der Waals surface area contributed by atoms with Gasteiger partial charge in [-0.05, 0) is 13.8 Å². The Kier molecular flexibility index (Phi) is 4.07. The molecule has 5 heteroatoms. The molecule has 1 aliphatic rings. The van der Waals surface area contributed by atoms with Crippen LogP contribution in [0, 0.1) is 5.92 Å². The van der Waals surface area contributed by atoms with E-state index in [-0.39, 0.29) is 6.10 Å². The maximum absolute atomic E-state index is 11.0. The molecule has 1 saturated heterocycles. The number of ether oxygens (including phenoxy) is 3. The first-order valence-electron chi connectivity index (χ1n) is 5.11. The van der Waals surface area contributed by atoms with Gasteiger partial charge in [-0.25, -0.2) is 4.79 Å². The van der Waals surface area contributed by atoms with Gasteiger partial charge in [0.25, 0.3) is 0 Å². The number of aliphatic carboxylic acids is 1. The van der Waals surface area contributed by atoms with Gasteiger partial charge in [0, 0.05) is 13.0 Å². The van der Waals surface area contributed by atoms with Gasteiger partial charge in [0.15, 0.2) is 11.9 Å². The van der Waals surface area contributed by atoms with Gasteiger partial charge in [-0.15, -0.1) is 6.58 Å². The summed E-state index contributed by atoms with van der Waals surface area (Å²) >= 11 is 0. The zero-order chi connectivity index (χ0) is 12.3. The second-order valence-electron chi connectivity index (χ2n) is 4.17. The van der Waals surface area contributed by atoms with Crippen LogP contribution in [0.1, 0.15) is 13.8 Å². The minimum atomic E-state index is -1.03. The lowest BCUT2D eigenvalue weighted by molar-refractivity contribution is -0.162. The van der Waals surface area contributed by atoms with Gasteiger partial charge in [-0.1, -0.05) is 6.08 Å². The molecule has 0 bridgehead atoms. The molecule has 92 valence electrons. The Labute approximate surface area is 95.0 Å². The van der Waals surface area contributed by atoms with E-state index in [0.29, 0.717) is 6.61 Å². The van der Waals surface area contributed by atoms with Crippen molar-refractivity contribution in [3.05, 3.63) is 12.7 Å². The van der Waals surface area contributed by atoms with Crippen LogP contribution in [0.3, 0.4) is 0 Å². The average Bonchev–Trinajstić information content (AvgIpc) is 2.54. The van der Waals surface area contributed by atoms with Crippen LogP contribution in [0.15, 0.2) is 12.7 Å². The summed E-state index contributed by atoms with van der Waals surface area (Å²) in [5, 5.41) is 9.00. The number of carbonyl (C=O) groups is 1. The van der Waals surface area contributed by atoms with Crippen LogP contribution in [0.5, 0.6) is 0 Å². The number of rotatable bonds is 5. The van der Waals surface area contributed by atoms with E-state index in [4.69, 9.17) is 19.3 Å². The van der Waals surface area contributed by atoms with Crippen molar-refractivity contribution in [3.8, 4) is 0 Å². The molecule has 3 atom stereocenters. The van der Waals surface area contributed by atoms with Crippen molar-refractivity contribution in [2.75, 3.05) is 13.7 Å². The zero-order valence-electron chi connectivity index (χ0n) is 9.80. The van der Waals surface area contributed by atoms with Gasteiger partial charge < -0.3 is 19.3 Å². The minimum Gasteiger partial charge on any atom is -0.479 e. The fourth-order valence-corrected chi connectivity index (χ4v) is 1.80. The topological polar surface area (TPSA) is 65.0 Å². The third-order valence-corrected chi connectivity index (χ3v) is 2.58. The lowest BCUT2D eigenvalue weighted by atomic mass is 9.96. The maximum atomic E-state index is 11.0. The summed E-state index contributed by atoms with van der Waals surface area (Å²) in [6.45, 7) is 7.54. The highest BCUT2D eigenvalue weighted by atomic mass is 16.7. The van der Waals surface area contributed by atoms with Crippen molar-refractivity contribution in [1.29, 1.82) is 0 Å². The molecule has 1 N–H and O–H groups in total. The fraction of sp³-hybridized carbons (Fsp3) is 0.727. The van der Waals surface area contributed by atoms with Gasteiger partial charge in [0.2, 0.25) is 0 Å². The lowest BCUT2D eigenvalue weighted by Gasteiger charge is -2.25. The van der Waals surface area contributed by atoms with Gasteiger partial charge in [0.05, 0.1) is 12.7 Å². The Balaban J connectivity index is 2.75. The quantitative estimate of drug-likeness (QED) is 0.715. The Morgan fingerprint density at radius 2 is 2.31 bits per heavy atom. The lowest BCUT2D eigenvalue weighted by Crippen LogP contribution is -2.39. The van der Waals surface area contributed by atoms with Crippen molar-refractivity contribution in [2.45, 2.75) is 31.8 Å². The molecule has 16 heavy (non-hydrogen) atoms. The summed E-state index contributed by atoms with van der Waals surface area (Å²) in [7, 11) is 1.36. The molecule has 1 heterocycles. The molecule has 0 spiro atoms. The summed E-state index contributed by atoms with van der Waals surface area (Å²) in [4.78, 5) is 11.0. The highest BCUT2D eigenvalue weighted by molar-refractivity contribution is 5.73. The maximum Gasteiger partial charge on any atom is 0.333 e. The third kappa shape index (κ3) is 2.81. The van der Waals surface area contributed by atoms with E-state index in [2.05, 4.69) is 6.58 Å². The molecule has 5 nitrogen and oxygen atoms in total. The Bertz CT molecular complexity index is 274. The van der Waals surface area contributed by atoms with Gasteiger partial charge in [-0.3, -0.25) is 0 Å². The Morgan fingerprint density at radius 1 is 1.69 bits per heavy atom. The first kappa shape index (κ1) is 13.2. The molecule has 0 radical (unpaired) electrons. The predicted molar refractivity (Wildman–Crippen MR) is 57.0 cm³/mol. The molecular weight excluding hydrogens is 212 g/mol. The van der Waals surface area contributed by atoms with E-state index in [1.807, 2.05) is 0 Å². The molecular formula is C11H18O5. The van der Waals surface area contributed by atoms with Crippen LogP contribution in [-0.2, 0) is 19.0 Å². The molecule has 0 saturated carbocycles. The summed E-state index contributed by atoms with van der Waals surface area (Å²) in [6.07, 6.45) is 0.242. The standard InChI is InChI=1S/C11H18O5/c1-5-7(9(14-4)10(12)13)8-6-15-11(2,3)16-8/h5,7-9H,1,6H2,2-4H3,(H,12,13). The van der Waals surface area contributed by atoms with Crippen molar-refractivity contribution < 1.29 is 24.1 Å².